The summed E-state index contributed by atoms with van der Waals surface area (Å²) in [6, 6.07) is 0. The molecule has 0 fully saturated rings. The molecule has 138 valence electrons. The van der Waals surface area contributed by atoms with E-state index in [2.05, 4.69) is 15.3 Å². The number of anilines is 1. The van der Waals surface area contributed by atoms with E-state index in [0.29, 0.717) is 16.8 Å². The molecule has 0 aliphatic rings. The Kier molecular flexibility index (Phi) is 5.71. The van der Waals surface area contributed by atoms with Crippen molar-refractivity contribution in [3.8, 4) is 0 Å². The van der Waals surface area contributed by atoms with Crippen LogP contribution in [0.4, 0.5) is 5.13 Å². The Bertz CT molecular complexity index is 896. The lowest BCUT2D eigenvalue weighted by molar-refractivity contribution is -0.114. The van der Waals surface area contributed by atoms with Crippen molar-refractivity contribution in [2.75, 3.05) is 5.32 Å². The van der Waals surface area contributed by atoms with Gasteiger partial charge < -0.3 is 15.0 Å². The summed E-state index contributed by atoms with van der Waals surface area (Å²) >= 11 is 1.08. The summed E-state index contributed by atoms with van der Waals surface area (Å²) in [5, 5.41) is 4.17. The Morgan fingerprint density at radius 2 is 1.88 bits per heavy atom. The minimum atomic E-state index is -1.06. The molecule has 0 aliphatic heterocycles. The number of carbonyl (C=O) groups is 4. The molecule has 1 atom stereocenters. The van der Waals surface area contributed by atoms with E-state index in [9.17, 15) is 19.2 Å². The maximum absolute atomic E-state index is 12.6. The number of aromatic nitrogens is 2. The van der Waals surface area contributed by atoms with Crippen LogP contribution in [-0.4, -0.2) is 39.5 Å². The number of amides is 1. The molecule has 0 radical (unpaired) electrons. The molecule has 0 spiro atoms. The molecule has 2 aromatic rings. The first-order valence-corrected chi connectivity index (χ1v) is 8.68. The van der Waals surface area contributed by atoms with Crippen LogP contribution in [0.3, 0.4) is 0 Å². The Morgan fingerprint density at radius 3 is 2.42 bits per heavy atom. The molecule has 2 heterocycles. The summed E-state index contributed by atoms with van der Waals surface area (Å²) in [6.07, 6.45) is -1.06. The van der Waals surface area contributed by atoms with Crippen LogP contribution in [0.15, 0.2) is 5.38 Å². The summed E-state index contributed by atoms with van der Waals surface area (Å²) in [7, 11) is 0. The average Bonchev–Trinajstić information content (AvgIpc) is 3.10. The third-order valence-corrected chi connectivity index (χ3v) is 4.44. The van der Waals surface area contributed by atoms with Crippen molar-refractivity contribution in [1.82, 2.24) is 9.97 Å². The van der Waals surface area contributed by atoms with Gasteiger partial charge in [-0.25, -0.2) is 9.78 Å². The summed E-state index contributed by atoms with van der Waals surface area (Å²) in [5.41, 5.74) is 1.83. The van der Waals surface area contributed by atoms with Crippen molar-refractivity contribution in [2.45, 2.75) is 40.7 Å². The number of Topliss-reactive ketones (excluding diaryl/α,β-unsaturated/α-hetero) is 2. The number of nitrogens with one attached hydrogen (secondary N) is 2. The van der Waals surface area contributed by atoms with Crippen LogP contribution in [0, 0.1) is 13.8 Å². The van der Waals surface area contributed by atoms with Crippen LogP contribution in [0.2, 0.25) is 0 Å². The molecule has 2 N–H and O–H groups in total. The quantitative estimate of drug-likeness (QED) is 0.590. The van der Waals surface area contributed by atoms with Crippen molar-refractivity contribution in [3.63, 3.8) is 0 Å². The van der Waals surface area contributed by atoms with Crippen LogP contribution in [-0.2, 0) is 9.53 Å². The molecule has 2 rings (SSSR count). The molecule has 9 heteroatoms. The number of hydrogen-bond donors (Lipinski definition) is 2. The molecule has 2 aromatic heterocycles. The Balaban J connectivity index is 2.13. The van der Waals surface area contributed by atoms with Crippen molar-refractivity contribution in [2.24, 2.45) is 0 Å². The third-order valence-electron chi connectivity index (χ3n) is 3.69. The number of esters is 1. The second kappa shape index (κ2) is 7.61. The number of nitrogens with zero attached hydrogens (tertiary/aromatic N) is 1. The third kappa shape index (κ3) is 4.05. The maximum Gasteiger partial charge on any atom is 0.358 e. The highest BCUT2D eigenvalue weighted by molar-refractivity contribution is 7.14. The molecular formula is C17H19N3O5S. The summed E-state index contributed by atoms with van der Waals surface area (Å²) in [6.45, 7) is 7.58. The van der Waals surface area contributed by atoms with E-state index in [0.717, 1.165) is 11.3 Å². The fourth-order valence-electron chi connectivity index (χ4n) is 2.58. The summed E-state index contributed by atoms with van der Waals surface area (Å²) in [5.74, 6) is -1.66. The number of carbonyl (C=O) groups excluding carboxylic acids is 4. The minimum absolute atomic E-state index is 0.00205. The zero-order chi connectivity index (χ0) is 19.6. The lowest BCUT2D eigenvalue weighted by Crippen LogP contribution is -2.25. The zero-order valence-electron chi connectivity index (χ0n) is 15.1. The molecule has 0 saturated heterocycles. The van der Waals surface area contributed by atoms with Gasteiger partial charge in [-0.1, -0.05) is 0 Å². The van der Waals surface area contributed by atoms with Crippen LogP contribution in [0.25, 0.3) is 0 Å². The van der Waals surface area contributed by atoms with E-state index in [1.807, 2.05) is 0 Å². The fraction of sp³-hybridized carbons (Fsp3) is 0.353. The maximum atomic E-state index is 12.6. The molecule has 0 saturated carbocycles. The molecule has 0 aliphatic carbocycles. The van der Waals surface area contributed by atoms with Gasteiger partial charge in [-0.15, -0.1) is 11.3 Å². The Morgan fingerprint density at radius 1 is 1.23 bits per heavy atom. The van der Waals surface area contributed by atoms with E-state index < -0.39 is 17.9 Å². The average molecular weight is 377 g/mol. The number of aryl methyl sites for hydroxylation is 1. The zero-order valence-corrected chi connectivity index (χ0v) is 15.9. The monoisotopic (exact) mass is 377 g/mol. The van der Waals surface area contributed by atoms with Gasteiger partial charge in [-0.05, 0) is 33.3 Å². The van der Waals surface area contributed by atoms with Crippen molar-refractivity contribution in [3.05, 3.63) is 33.6 Å². The largest absolute Gasteiger partial charge is 0.449 e. The highest BCUT2D eigenvalue weighted by Crippen LogP contribution is 2.21. The van der Waals surface area contributed by atoms with Crippen LogP contribution < -0.4 is 5.32 Å². The summed E-state index contributed by atoms with van der Waals surface area (Å²) < 4.78 is 5.17. The van der Waals surface area contributed by atoms with Gasteiger partial charge in [0.05, 0.1) is 5.69 Å². The summed E-state index contributed by atoms with van der Waals surface area (Å²) in [4.78, 5) is 54.2. The second-order valence-corrected chi connectivity index (χ2v) is 6.67. The number of ether oxygens (including phenoxy) is 1. The molecule has 8 nitrogen and oxygen atoms in total. The Hall–Kier alpha value is -2.81. The predicted octanol–water partition coefficient (Wildman–Crippen LogP) is 2.68. The molecule has 26 heavy (non-hydrogen) atoms. The molecule has 1 unspecified atom stereocenters. The number of ketones is 2. The van der Waals surface area contributed by atoms with Crippen LogP contribution >= 0.6 is 11.3 Å². The highest BCUT2D eigenvalue weighted by atomic mass is 32.1. The smallest absolute Gasteiger partial charge is 0.358 e. The number of hydrogen-bond acceptors (Lipinski definition) is 7. The lowest BCUT2D eigenvalue weighted by Gasteiger charge is -2.11. The van der Waals surface area contributed by atoms with Gasteiger partial charge >= 0.3 is 5.97 Å². The first-order valence-electron chi connectivity index (χ1n) is 7.80. The van der Waals surface area contributed by atoms with Gasteiger partial charge in [0.25, 0.3) is 0 Å². The van der Waals surface area contributed by atoms with Gasteiger partial charge in [-0.3, -0.25) is 14.4 Å². The minimum Gasteiger partial charge on any atom is -0.449 e. The lowest BCUT2D eigenvalue weighted by atomic mass is 10.0. The topological polar surface area (TPSA) is 118 Å². The van der Waals surface area contributed by atoms with Gasteiger partial charge in [0.2, 0.25) is 11.7 Å². The SMILES string of the molecule is CC(=O)Nc1nc(C(=O)OC(C)C(=O)c2[nH]c(C)c(C(C)=O)c2C)cs1. The first kappa shape index (κ1) is 19.5. The van der Waals surface area contributed by atoms with Crippen molar-refractivity contribution in [1.29, 1.82) is 0 Å². The van der Waals surface area contributed by atoms with Crippen molar-refractivity contribution >= 4 is 39.9 Å². The number of thiazole rings is 1. The van der Waals surface area contributed by atoms with E-state index >= 15 is 0 Å². The van der Waals surface area contributed by atoms with E-state index in [1.165, 1.54) is 26.2 Å². The fourth-order valence-corrected chi connectivity index (χ4v) is 3.30. The molecule has 0 bridgehead atoms. The molecule has 1 amide bonds. The van der Waals surface area contributed by atoms with E-state index in [-0.39, 0.29) is 28.2 Å². The van der Waals surface area contributed by atoms with Gasteiger partial charge in [0.15, 0.2) is 22.7 Å². The number of H-pyrrole nitrogens is 1. The van der Waals surface area contributed by atoms with E-state index in [1.54, 1.807) is 13.8 Å². The van der Waals surface area contributed by atoms with Gasteiger partial charge in [0.1, 0.15) is 0 Å². The standard InChI is InChI=1S/C17H19N3O5S/c1-7-13(9(3)21)8(2)18-14(7)15(23)10(4)25-16(24)12-6-26-17(20-12)19-11(5)22/h6,10,18H,1-5H3,(H,19,20,22). The van der Waals surface area contributed by atoms with Crippen LogP contribution in [0.5, 0.6) is 0 Å². The van der Waals surface area contributed by atoms with Gasteiger partial charge in [0, 0.05) is 23.6 Å². The molecular weight excluding hydrogens is 358 g/mol. The first-order chi connectivity index (χ1) is 12.1. The van der Waals surface area contributed by atoms with E-state index in [4.69, 9.17) is 4.74 Å². The van der Waals surface area contributed by atoms with Gasteiger partial charge in [-0.2, -0.15) is 0 Å². The molecule has 0 aromatic carbocycles. The van der Waals surface area contributed by atoms with Crippen LogP contribution in [0.1, 0.15) is 63.4 Å². The predicted molar refractivity (Wildman–Crippen MR) is 95.9 cm³/mol. The highest BCUT2D eigenvalue weighted by Gasteiger charge is 2.27. The second-order valence-electron chi connectivity index (χ2n) is 5.81. The number of aromatic amines is 1. The normalized spacial score (nSPS) is 11.7. The van der Waals surface area contributed by atoms with Crippen molar-refractivity contribution < 1.29 is 23.9 Å². The number of rotatable bonds is 6. The Labute approximate surface area is 154 Å².